The highest BCUT2D eigenvalue weighted by Gasteiger charge is 2.50. The van der Waals surface area contributed by atoms with Crippen LogP contribution in [0.1, 0.15) is 58.3 Å². The van der Waals surface area contributed by atoms with Crippen molar-refractivity contribution in [3.63, 3.8) is 0 Å². The largest absolute Gasteiger partial charge is 0.297 e. The van der Waals surface area contributed by atoms with Crippen LogP contribution in [0.25, 0.3) is 0 Å². The van der Waals surface area contributed by atoms with Crippen LogP contribution in [0.4, 0.5) is 0 Å². The van der Waals surface area contributed by atoms with Crippen molar-refractivity contribution in [3.8, 4) is 6.07 Å². The quantitative estimate of drug-likeness (QED) is 0.838. The van der Waals surface area contributed by atoms with E-state index in [1.165, 1.54) is 44.9 Å². The zero-order valence-corrected chi connectivity index (χ0v) is 12.1. The summed E-state index contributed by atoms with van der Waals surface area (Å²) >= 11 is 0. The minimum atomic E-state index is -0.263. The highest BCUT2D eigenvalue weighted by molar-refractivity contribution is 5.10. The molecule has 0 aliphatic heterocycles. The molecule has 5 saturated carbocycles. The molecular formula is C17H26N2. The van der Waals surface area contributed by atoms with E-state index < -0.39 is 0 Å². The van der Waals surface area contributed by atoms with E-state index in [1.807, 2.05) is 0 Å². The molecular weight excluding hydrogens is 232 g/mol. The van der Waals surface area contributed by atoms with E-state index in [-0.39, 0.29) is 5.54 Å². The van der Waals surface area contributed by atoms with Gasteiger partial charge in [-0.3, -0.25) is 5.32 Å². The molecule has 5 aliphatic rings. The van der Waals surface area contributed by atoms with Crippen LogP contribution < -0.4 is 5.32 Å². The van der Waals surface area contributed by atoms with Gasteiger partial charge in [-0.25, -0.2) is 0 Å². The third-order valence-electron chi connectivity index (χ3n) is 6.41. The predicted molar refractivity (Wildman–Crippen MR) is 75.3 cm³/mol. The first-order chi connectivity index (χ1) is 9.15. The molecule has 4 bridgehead atoms. The summed E-state index contributed by atoms with van der Waals surface area (Å²) in [6.07, 6.45) is 11.1. The molecule has 0 radical (unpaired) electrons. The Bertz CT molecular complexity index is 378. The second kappa shape index (κ2) is 4.22. The number of rotatable bonds is 4. The van der Waals surface area contributed by atoms with E-state index in [0.29, 0.717) is 6.04 Å². The average molecular weight is 258 g/mol. The van der Waals surface area contributed by atoms with Crippen LogP contribution in [0.3, 0.4) is 0 Å². The lowest BCUT2D eigenvalue weighted by molar-refractivity contribution is -0.0460. The second-order valence-corrected chi connectivity index (χ2v) is 8.16. The van der Waals surface area contributed by atoms with Crippen LogP contribution >= 0.6 is 0 Å². The van der Waals surface area contributed by atoms with Gasteiger partial charge in [0, 0.05) is 6.04 Å². The highest BCUT2D eigenvalue weighted by atomic mass is 15.0. The lowest BCUT2D eigenvalue weighted by Crippen LogP contribution is -2.51. The minimum Gasteiger partial charge on any atom is -0.297 e. The number of hydrogen-bond acceptors (Lipinski definition) is 2. The van der Waals surface area contributed by atoms with Gasteiger partial charge in [-0.05, 0) is 87.9 Å². The molecule has 1 unspecified atom stereocenters. The maximum Gasteiger partial charge on any atom is 0.104 e. The van der Waals surface area contributed by atoms with E-state index in [4.69, 9.17) is 0 Å². The topological polar surface area (TPSA) is 35.8 Å². The Kier molecular flexibility index (Phi) is 2.71. The Morgan fingerprint density at radius 1 is 1.05 bits per heavy atom. The van der Waals surface area contributed by atoms with Crippen LogP contribution in [0.2, 0.25) is 0 Å². The summed E-state index contributed by atoms with van der Waals surface area (Å²) in [4.78, 5) is 0. The highest BCUT2D eigenvalue weighted by Crippen LogP contribution is 2.58. The molecule has 0 heterocycles. The van der Waals surface area contributed by atoms with Crippen LogP contribution in [0.5, 0.6) is 0 Å². The molecule has 0 spiro atoms. The van der Waals surface area contributed by atoms with Crippen molar-refractivity contribution < 1.29 is 0 Å². The number of nitrogens with one attached hydrogen (secondary N) is 1. The monoisotopic (exact) mass is 258 g/mol. The lowest BCUT2D eigenvalue weighted by Gasteiger charge is -2.55. The fourth-order valence-corrected chi connectivity index (χ4v) is 5.66. The van der Waals surface area contributed by atoms with Crippen LogP contribution in [0.15, 0.2) is 0 Å². The average Bonchev–Trinajstić information content (AvgIpc) is 3.17. The number of nitriles is 1. The zero-order chi connectivity index (χ0) is 13.0. The second-order valence-electron chi connectivity index (χ2n) is 8.16. The normalized spacial score (nSPS) is 46.8. The van der Waals surface area contributed by atoms with Gasteiger partial charge in [0.25, 0.3) is 0 Å². The standard InChI is InChI=1S/C17H26N2/c1-17(10-18,19-15-2-3-15)9-16-13-5-11-4-12(7-13)8-14(16)6-11/h11-16,19H,2-9H2,1H3. The summed E-state index contributed by atoms with van der Waals surface area (Å²) in [7, 11) is 0. The molecule has 2 nitrogen and oxygen atoms in total. The maximum atomic E-state index is 9.60. The Morgan fingerprint density at radius 2 is 1.63 bits per heavy atom. The molecule has 0 aromatic heterocycles. The molecule has 104 valence electrons. The lowest BCUT2D eigenvalue weighted by atomic mass is 9.50. The van der Waals surface area contributed by atoms with E-state index in [9.17, 15) is 5.26 Å². The van der Waals surface area contributed by atoms with Crippen molar-refractivity contribution in [2.24, 2.45) is 29.6 Å². The summed E-state index contributed by atoms with van der Waals surface area (Å²) in [6.45, 7) is 2.15. The summed E-state index contributed by atoms with van der Waals surface area (Å²) in [5, 5.41) is 13.2. The first-order valence-corrected chi connectivity index (χ1v) is 8.34. The van der Waals surface area contributed by atoms with E-state index in [0.717, 1.165) is 36.0 Å². The molecule has 5 rings (SSSR count). The van der Waals surface area contributed by atoms with Gasteiger partial charge in [-0.1, -0.05) is 0 Å². The predicted octanol–water partition coefficient (Wildman–Crippen LogP) is 3.48. The summed E-state index contributed by atoms with van der Waals surface area (Å²) < 4.78 is 0. The van der Waals surface area contributed by atoms with Gasteiger partial charge < -0.3 is 0 Å². The molecule has 0 saturated heterocycles. The van der Waals surface area contributed by atoms with Gasteiger partial charge in [0.2, 0.25) is 0 Å². The van der Waals surface area contributed by atoms with Crippen molar-refractivity contribution in [2.75, 3.05) is 0 Å². The van der Waals surface area contributed by atoms with E-state index in [1.54, 1.807) is 0 Å². The smallest absolute Gasteiger partial charge is 0.104 e. The fourth-order valence-electron chi connectivity index (χ4n) is 5.66. The van der Waals surface area contributed by atoms with Gasteiger partial charge in [0.1, 0.15) is 5.54 Å². The summed E-state index contributed by atoms with van der Waals surface area (Å²) in [6, 6.07) is 3.24. The van der Waals surface area contributed by atoms with Crippen molar-refractivity contribution in [1.29, 1.82) is 5.26 Å². The Balaban J connectivity index is 1.48. The molecule has 5 aliphatic carbocycles. The third kappa shape index (κ3) is 2.21. The summed E-state index contributed by atoms with van der Waals surface area (Å²) in [5.41, 5.74) is -0.263. The van der Waals surface area contributed by atoms with E-state index >= 15 is 0 Å². The van der Waals surface area contributed by atoms with Gasteiger partial charge in [0.15, 0.2) is 0 Å². The van der Waals surface area contributed by atoms with Crippen LogP contribution in [-0.4, -0.2) is 11.6 Å². The van der Waals surface area contributed by atoms with Gasteiger partial charge in [-0.2, -0.15) is 5.26 Å². The fraction of sp³-hybridized carbons (Fsp3) is 0.941. The third-order valence-corrected chi connectivity index (χ3v) is 6.41. The first-order valence-electron chi connectivity index (χ1n) is 8.34. The van der Waals surface area contributed by atoms with Crippen LogP contribution in [-0.2, 0) is 0 Å². The van der Waals surface area contributed by atoms with Gasteiger partial charge in [0.05, 0.1) is 6.07 Å². The molecule has 1 N–H and O–H groups in total. The number of nitrogens with zero attached hydrogens (tertiary/aromatic N) is 1. The summed E-state index contributed by atoms with van der Waals surface area (Å²) in [5.74, 6) is 4.82. The number of hydrogen-bond donors (Lipinski definition) is 1. The zero-order valence-electron chi connectivity index (χ0n) is 12.1. The Hall–Kier alpha value is -0.550. The van der Waals surface area contributed by atoms with Gasteiger partial charge in [-0.15, -0.1) is 0 Å². The van der Waals surface area contributed by atoms with Crippen molar-refractivity contribution in [1.82, 2.24) is 5.32 Å². The van der Waals surface area contributed by atoms with Gasteiger partial charge >= 0.3 is 0 Å². The van der Waals surface area contributed by atoms with Crippen molar-refractivity contribution >= 4 is 0 Å². The Labute approximate surface area is 116 Å². The van der Waals surface area contributed by atoms with Crippen molar-refractivity contribution in [3.05, 3.63) is 0 Å². The molecule has 2 heteroatoms. The SMILES string of the molecule is CC(C#N)(CC1C2CC3CC(C2)CC1C3)NC1CC1. The van der Waals surface area contributed by atoms with Crippen molar-refractivity contribution in [2.45, 2.75) is 69.9 Å². The molecule has 1 atom stereocenters. The maximum absolute atomic E-state index is 9.60. The Morgan fingerprint density at radius 3 is 2.11 bits per heavy atom. The molecule has 0 aromatic rings. The minimum absolute atomic E-state index is 0.263. The molecule has 19 heavy (non-hydrogen) atoms. The molecule has 5 fully saturated rings. The van der Waals surface area contributed by atoms with Crippen LogP contribution in [0, 0.1) is 40.9 Å². The molecule has 0 amide bonds. The molecule has 0 aromatic carbocycles. The van der Waals surface area contributed by atoms with E-state index in [2.05, 4.69) is 18.3 Å². The first kappa shape index (κ1) is 12.2.